The van der Waals surface area contributed by atoms with Crippen molar-refractivity contribution in [2.24, 2.45) is 0 Å². The van der Waals surface area contributed by atoms with Gasteiger partial charge in [-0.1, -0.05) is 12.8 Å². The molecule has 4 nitrogen and oxygen atoms in total. The molecule has 0 bridgehead atoms. The van der Waals surface area contributed by atoms with E-state index in [1.54, 1.807) is 0 Å². The van der Waals surface area contributed by atoms with Gasteiger partial charge in [0.1, 0.15) is 6.61 Å². The van der Waals surface area contributed by atoms with Crippen LogP contribution in [0.3, 0.4) is 0 Å². The molecule has 0 aromatic rings. The van der Waals surface area contributed by atoms with E-state index in [0.717, 1.165) is 12.8 Å². The summed E-state index contributed by atoms with van der Waals surface area (Å²) in [7, 11) is 0. The van der Waals surface area contributed by atoms with Gasteiger partial charge in [0.05, 0.1) is 12.6 Å². The quantitative estimate of drug-likeness (QED) is 0.744. The molecule has 1 amide bonds. The van der Waals surface area contributed by atoms with Gasteiger partial charge in [-0.3, -0.25) is 4.79 Å². The van der Waals surface area contributed by atoms with Crippen LogP contribution in [0.1, 0.15) is 32.1 Å². The molecular weight excluding hydrogens is 194 g/mol. The number of hydrogen-bond acceptors (Lipinski definition) is 3. The highest BCUT2D eigenvalue weighted by Crippen LogP contribution is 2.27. The van der Waals surface area contributed by atoms with E-state index in [1.807, 2.05) is 4.90 Å². The zero-order valence-corrected chi connectivity index (χ0v) is 9.02. The zero-order valence-electron chi connectivity index (χ0n) is 9.02. The van der Waals surface area contributed by atoms with Gasteiger partial charge in [-0.05, 0) is 19.3 Å². The minimum atomic E-state index is 0.0966. The second-order valence-corrected chi connectivity index (χ2v) is 4.42. The Bertz CT molecular complexity index is 224. The van der Waals surface area contributed by atoms with Crippen LogP contribution in [-0.4, -0.2) is 47.8 Å². The molecule has 1 aliphatic heterocycles. The monoisotopic (exact) mass is 213 g/mol. The Morgan fingerprint density at radius 1 is 1.40 bits per heavy atom. The molecule has 0 aromatic heterocycles. The molecule has 2 aliphatic rings. The van der Waals surface area contributed by atoms with Gasteiger partial charge in [0, 0.05) is 12.6 Å². The summed E-state index contributed by atoms with van der Waals surface area (Å²) in [5.74, 6) is 0.103. The van der Waals surface area contributed by atoms with Crippen LogP contribution in [-0.2, 0) is 9.53 Å². The minimum Gasteiger partial charge on any atom is -0.396 e. The summed E-state index contributed by atoms with van der Waals surface area (Å²) in [4.78, 5) is 13.8. The fourth-order valence-electron chi connectivity index (χ4n) is 2.70. The molecule has 1 saturated heterocycles. The van der Waals surface area contributed by atoms with Crippen LogP contribution < -0.4 is 0 Å². The molecule has 0 aromatic carbocycles. The Balaban J connectivity index is 2.03. The van der Waals surface area contributed by atoms with E-state index in [9.17, 15) is 4.79 Å². The van der Waals surface area contributed by atoms with E-state index in [-0.39, 0.29) is 25.2 Å². The number of aliphatic hydroxyl groups is 1. The lowest BCUT2D eigenvalue weighted by atomic mass is 10.1. The molecule has 0 radical (unpaired) electrons. The first-order chi connectivity index (χ1) is 7.33. The SMILES string of the molecule is O=C1COCC(CCO)N1C1CCCC1. The zero-order chi connectivity index (χ0) is 10.7. The third-order valence-corrected chi connectivity index (χ3v) is 3.40. The number of carbonyl (C=O) groups excluding carboxylic acids is 1. The van der Waals surface area contributed by atoms with Gasteiger partial charge in [0.15, 0.2) is 0 Å². The topological polar surface area (TPSA) is 49.8 Å². The molecule has 4 heteroatoms. The number of ether oxygens (including phenoxy) is 1. The molecule has 1 aliphatic carbocycles. The highest BCUT2D eigenvalue weighted by Gasteiger charge is 2.35. The molecule has 2 rings (SSSR count). The first-order valence-corrected chi connectivity index (χ1v) is 5.82. The van der Waals surface area contributed by atoms with Gasteiger partial charge in [0.2, 0.25) is 5.91 Å². The van der Waals surface area contributed by atoms with Crippen molar-refractivity contribution in [1.82, 2.24) is 4.90 Å². The molecule has 2 fully saturated rings. The molecule has 1 saturated carbocycles. The van der Waals surface area contributed by atoms with E-state index >= 15 is 0 Å². The second-order valence-electron chi connectivity index (χ2n) is 4.42. The smallest absolute Gasteiger partial charge is 0.249 e. The number of rotatable bonds is 3. The van der Waals surface area contributed by atoms with Crippen LogP contribution >= 0.6 is 0 Å². The van der Waals surface area contributed by atoms with E-state index < -0.39 is 0 Å². The third kappa shape index (κ3) is 2.32. The Kier molecular flexibility index (Phi) is 3.59. The Morgan fingerprint density at radius 2 is 2.13 bits per heavy atom. The van der Waals surface area contributed by atoms with Crippen LogP contribution in [0.25, 0.3) is 0 Å². The van der Waals surface area contributed by atoms with Crippen LogP contribution in [0, 0.1) is 0 Å². The number of hydrogen-bond donors (Lipinski definition) is 1. The van der Waals surface area contributed by atoms with Gasteiger partial charge >= 0.3 is 0 Å². The molecule has 1 unspecified atom stereocenters. The molecule has 0 spiro atoms. The Labute approximate surface area is 90.2 Å². The summed E-state index contributed by atoms with van der Waals surface area (Å²) in [5, 5.41) is 8.97. The first-order valence-electron chi connectivity index (χ1n) is 5.82. The summed E-state index contributed by atoms with van der Waals surface area (Å²) in [5.41, 5.74) is 0. The minimum absolute atomic E-state index is 0.0966. The van der Waals surface area contributed by atoms with Gasteiger partial charge in [-0.2, -0.15) is 0 Å². The van der Waals surface area contributed by atoms with E-state index in [4.69, 9.17) is 9.84 Å². The number of carbonyl (C=O) groups is 1. The maximum Gasteiger partial charge on any atom is 0.249 e. The maximum absolute atomic E-state index is 11.8. The highest BCUT2D eigenvalue weighted by molar-refractivity contribution is 5.78. The van der Waals surface area contributed by atoms with Gasteiger partial charge in [-0.25, -0.2) is 0 Å². The largest absolute Gasteiger partial charge is 0.396 e. The molecular formula is C11H19NO3. The normalized spacial score (nSPS) is 28.7. The van der Waals surface area contributed by atoms with Gasteiger partial charge in [-0.15, -0.1) is 0 Å². The van der Waals surface area contributed by atoms with Crippen molar-refractivity contribution in [3.05, 3.63) is 0 Å². The summed E-state index contributed by atoms with van der Waals surface area (Å²) in [6.45, 7) is 0.936. The maximum atomic E-state index is 11.8. The van der Waals surface area contributed by atoms with E-state index in [2.05, 4.69) is 0 Å². The lowest BCUT2D eigenvalue weighted by molar-refractivity contribution is -0.152. The van der Waals surface area contributed by atoms with Crippen molar-refractivity contribution in [3.8, 4) is 0 Å². The predicted octanol–water partition coefficient (Wildman–Crippen LogP) is 0.539. The fraction of sp³-hybridized carbons (Fsp3) is 0.909. The molecule has 1 N–H and O–H groups in total. The summed E-state index contributed by atoms with van der Waals surface area (Å²) < 4.78 is 5.23. The van der Waals surface area contributed by atoms with Crippen molar-refractivity contribution in [3.63, 3.8) is 0 Å². The van der Waals surface area contributed by atoms with Crippen molar-refractivity contribution in [1.29, 1.82) is 0 Å². The van der Waals surface area contributed by atoms with Crippen molar-refractivity contribution >= 4 is 5.91 Å². The Morgan fingerprint density at radius 3 is 2.80 bits per heavy atom. The molecule has 15 heavy (non-hydrogen) atoms. The average Bonchev–Trinajstić information content (AvgIpc) is 2.71. The average molecular weight is 213 g/mol. The molecule has 86 valence electrons. The lowest BCUT2D eigenvalue weighted by Gasteiger charge is -2.39. The summed E-state index contributed by atoms with van der Waals surface area (Å²) in [6, 6.07) is 0.497. The summed E-state index contributed by atoms with van der Waals surface area (Å²) >= 11 is 0. The third-order valence-electron chi connectivity index (χ3n) is 3.40. The van der Waals surface area contributed by atoms with Crippen molar-refractivity contribution in [2.45, 2.75) is 44.2 Å². The molecule has 1 heterocycles. The van der Waals surface area contributed by atoms with Crippen LogP contribution in [0.4, 0.5) is 0 Å². The van der Waals surface area contributed by atoms with Crippen molar-refractivity contribution < 1.29 is 14.6 Å². The number of aliphatic hydroxyl groups excluding tert-OH is 1. The lowest BCUT2D eigenvalue weighted by Crippen LogP contribution is -2.53. The second kappa shape index (κ2) is 4.94. The van der Waals surface area contributed by atoms with Gasteiger partial charge in [0.25, 0.3) is 0 Å². The fourth-order valence-corrected chi connectivity index (χ4v) is 2.70. The Hall–Kier alpha value is -0.610. The number of morpholine rings is 1. The van der Waals surface area contributed by atoms with Crippen molar-refractivity contribution in [2.75, 3.05) is 19.8 Å². The standard InChI is InChI=1S/C11H19NO3/c13-6-5-10-7-15-8-11(14)12(10)9-3-1-2-4-9/h9-10,13H,1-8H2. The van der Waals surface area contributed by atoms with E-state index in [1.165, 1.54) is 12.8 Å². The first kappa shape index (κ1) is 10.9. The molecule has 1 atom stereocenters. The number of amides is 1. The predicted molar refractivity (Wildman–Crippen MR) is 55.4 cm³/mol. The highest BCUT2D eigenvalue weighted by atomic mass is 16.5. The summed E-state index contributed by atoms with van der Waals surface area (Å²) in [6.07, 6.45) is 5.33. The van der Waals surface area contributed by atoms with Crippen LogP contribution in [0.15, 0.2) is 0 Å². The van der Waals surface area contributed by atoms with Gasteiger partial charge < -0.3 is 14.7 Å². The van der Waals surface area contributed by atoms with Crippen LogP contribution in [0.2, 0.25) is 0 Å². The van der Waals surface area contributed by atoms with Crippen LogP contribution in [0.5, 0.6) is 0 Å². The van der Waals surface area contributed by atoms with E-state index in [0.29, 0.717) is 19.1 Å². The number of nitrogens with zero attached hydrogens (tertiary/aromatic N) is 1.